The molecule has 2 aromatic carbocycles. The molecular formula is C21H26N4O2. The summed E-state index contributed by atoms with van der Waals surface area (Å²) in [4.78, 5) is 14.5. The van der Waals surface area contributed by atoms with Crippen LogP contribution in [0, 0.1) is 0 Å². The van der Waals surface area contributed by atoms with Gasteiger partial charge in [0.25, 0.3) is 0 Å². The van der Waals surface area contributed by atoms with E-state index in [1.807, 2.05) is 18.2 Å². The van der Waals surface area contributed by atoms with Gasteiger partial charge in [0, 0.05) is 44.2 Å². The number of hydrogen-bond donors (Lipinski definition) is 1. The topological polar surface area (TPSA) is 51.4 Å². The molecule has 1 aliphatic heterocycles. The molecule has 0 amide bonds. The van der Waals surface area contributed by atoms with Gasteiger partial charge in [-0.25, -0.2) is 4.79 Å². The molecule has 0 saturated carbocycles. The van der Waals surface area contributed by atoms with Crippen molar-refractivity contribution >= 4 is 28.1 Å². The number of hydrogen-bond acceptors (Lipinski definition) is 4. The lowest BCUT2D eigenvalue weighted by Gasteiger charge is -2.36. The van der Waals surface area contributed by atoms with Gasteiger partial charge in [-0.3, -0.25) is 9.13 Å². The first-order chi connectivity index (χ1) is 12.9. The van der Waals surface area contributed by atoms with Crippen molar-refractivity contribution in [2.24, 2.45) is 14.1 Å². The first-order valence-corrected chi connectivity index (χ1v) is 9.35. The van der Waals surface area contributed by atoms with Crippen LogP contribution in [-0.2, 0) is 18.8 Å². The molecule has 27 heavy (non-hydrogen) atoms. The number of fused-ring (bicyclic) bond motifs is 1. The van der Waals surface area contributed by atoms with Gasteiger partial charge in [-0.1, -0.05) is 0 Å². The zero-order chi connectivity index (χ0) is 19.1. The van der Waals surface area contributed by atoms with E-state index in [0.29, 0.717) is 0 Å². The molecule has 0 bridgehead atoms. The van der Waals surface area contributed by atoms with E-state index in [0.717, 1.165) is 35.5 Å². The molecule has 6 nitrogen and oxygen atoms in total. The van der Waals surface area contributed by atoms with Gasteiger partial charge in [-0.05, 0) is 56.3 Å². The maximum absolute atomic E-state index is 12.1. The Morgan fingerprint density at radius 1 is 0.889 bits per heavy atom. The molecule has 0 aliphatic carbocycles. The van der Waals surface area contributed by atoms with E-state index in [2.05, 4.69) is 48.3 Å². The van der Waals surface area contributed by atoms with Crippen LogP contribution in [0.1, 0.15) is 13.8 Å². The van der Waals surface area contributed by atoms with Crippen LogP contribution in [0.3, 0.4) is 0 Å². The zero-order valence-corrected chi connectivity index (χ0v) is 16.3. The van der Waals surface area contributed by atoms with Gasteiger partial charge in [-0.15, -0.1) is 0 Å². The Balaban J connectivity index is 1.54. The minimum atomic E-state index is -0.0135. The van der Waals surface area contributed by atoms with Crippen molar-refractivity contribution in [2.75, 3.05) is 23.3 Å². The number of benzene rings is 2. The monoisotopic (exact) mass is 366 g/mol. The number of nitrogens with zero attached hydrogens (tertiary/aromatic N) is 3. The number of ether oxygens (including phenoxy) is 1. The van der Waals surface area contributed by atoms with Gasteiger partial charge in [0.15, 0.2) is 0 Å². The number of rotatable bonds is 3. The van der Waals surface area contributed by atoms with Gasteiger partial charge in [0.1, 0.15) is 0 Å². The summed E-state index contributed by atoms with van der Waals surface area (Å²) in [6.45, 7) is 6.06. The van der Waals surface area contributed by atoms with Crippen LogP contribution in [0.4, 0.5) is 17.1 Å². The minimum absolute atomic E-state index is 0.0135. The molecule has 1 aromatic heterocycles. The third-order valence-electron chi connectivity index (χ3n) is 5.21. The molecule has 2 heterocycles. The SMILES string of the molecule is CC1CN(c2ccc(Nc3ccc4c(c3)n(C)c(=O)n4C)cc2)CC(C)O1. The van der Waals surface area contributed by atoms with Crippen LogP contribution in [0.5, 0.6) is 0 Å². The van der Waals surface area contributed by atoms with Crippen LogP contribution in [0.15, 0.2) is 47.3 Å². The van der Waals surface area contributed by atoms with Gasteiger partial charge >= 0.3 is 5.69 Å². The lowest BCUT2D eigenvalue weighted by molar-refractivity contribution is -0.00521. The van der Waals surface area contributed by atoms with E-state index in [4.69, 9.17) is 4.74 Å². The molecule has 2 atom stereocenters. The van der Waals surface area contributed by atoms with E-state index in [-0.39, 0.29) is 17.9 Å². The molecule has 2 unspecified atom stereocenters. The summed E-state index contributed by atoms with van der Waals surface area (Å²) >= 11 is 0. The first kappa shape index (κ1) is 17.7. The average molecular weight is 366 g/mol. The Bertz CT molecular complexity index is 1010. The number of morpholine rings is 1. The molecule has 6 heteroatoms. The van der Waals surface area contributed by atoms with Crippen molar-refractivity contribution in [1.29, 1.82) is 0 Å². The van der Waals surface area contributed by atoms with Gasteiger partial charge < -0.3 is 15.0 Å². The largest absolute Gasteiger partial charge is 0.372 e. The van der Waals surface area contributed by atoms with E-state index >= 15 is 0 Å². The normalized spacial score (nSPS) is 20.2. The standard InChI is InChI=1S/C21H26N4O2/c1-14-12-25(13-15(2)27-14)18-8-5-16(6-9-18)22-17-7-10-19-20(11-17)24(4)21(26)23(19)3/h5-11,14-15,22H,12-13H2,1-4H3. The maximum Gasteiger partial charge on any atom is 0.328 e. The maximum atomic E-state index is 12.1. The van der Waals surface area contributed by atoms with Crippen LogP contribution in [0.25, 0.3) is 11.0 Å². The summed E-state index contributed by atoms with van der Waals surface area (Å²) in [5.74, 6) is 0. The highest BCUT2D eigenvalue weighted by molar-refractivity contribution is 5.81. The third-order valence-corrected chi connectivity index (χ3v) is 5.21. The highest BCUT2D eigenvalue weighted by atomic mass is 16.5. The van der Waals surface area contributed by atoms with Crippen molar-refractivity contribution in [3.05, 3.63) is 52.9 Å². The second-order valence-corrected chi connectivity index (χ2v) is 7.44. The molecular weight excluding hydrogens is 340 g/mol. The number of aromatic nitrogens is 2. The van der Waals surface area contributed by atoms with Crippen molar-refractivity contribution in [3.8, 4) is 0 Å². The second kappa shape index (κ2) is 6.78. The van der Waals surface area contributed by atoms with Gasteiger partial charge in [-0.2, -0.15) is 0 Å². The van der Waals surface area contributed by atoms with Crippen LogP contribution in [-0.4, -0.2) is 34.4 Å². The van der Waals surface area contributed by atoms with Crippen molar-refractivity contribution in [2.45, 2.75) is 26.1 Å². The predicted molar refractivity (Wildman–Crippen MR) is 110 cm³/mol. The summed E-state index contributed by atoms with van der Waals surface area (Å²) in [6, 6.07) is 14.5. The Kier molecular flexibility index (Phi) is 4.44. The molecule has 4 rings (SSSR count). The molecule has 3 aromatic rings. The number of anilines is 3. The van der Waals surface area contributed by atoms with E-state index < -0.39 is 0 Å². The third kappa shape index (κ3) is 3.32. The highest BCUT2D eigenvalue weighted by Crippen LogP contribution is 2.25. The molecule has 1 fully saturated rings. The number of aryl methyl sites for hydroxylation is 2. The molecule has 142 valence electrons. The summed E-state index contributed by atoms with van der Waals surface area (Å²) < 4.78 is 9.15. The van der Waals surface area contributed by atoms with Crippen LogP contribution in [0.2, 0.25) is 0 Å². The molecule has 0 spiro atoms. The Hall–Kier alpha value is -2.73. The van der Waals surface area contributed by atoms with Crippen LogP contribution < -0.4 is 15.9 Å². The summed E-state index contributed by atoms with van der Waals surface area (Å²) in [7, 11) is 3.59. The summed E-state index contributed by atoms with van der Waals surface area (Å²) in [5, 5.41) is 3.43. The average Bonchev–Trinajstić information content (AvgIpc) is 2.86. The fourth-order valence-corrected chi connectivity index (χ4v) is 3.90. The summed E-state index contributed by atoms with van der Waals surface area (Å²) in [5.41, 5.74) is 5.03. The number of nitrogens with one attached hydrogen (secondary N) is 1. The van der Waals surface area contributed by atoms with Gasteiger partial charge in [0.05, 0.1) is 23.2 Å². The van der Waals surface area contributed by atoms with E-state index in [1.54, 1.807) is 23.2 Å². The van der Waals surface area contributed by atoms with Crippen molar-refractivity contribution in [1.82, 2.24) is 9.13 Å². The molecule has 1 aliphatic rings. The smallest absolute Gasteiger partial charge is 0.328 e. The molecule has 1 saturated heterocycles. The lowest BCUT2D eigenvalue weighted by Crippen LogP contribution is -2.45. The Morgan fingerprint density at radius 2 is 1.48 bits per heavy atom. The predicted octanol–water partition coefficient (Wildman–Crippen LogP) is 3.23. The zero-order valence-electron chi connectivity index (χ0n) is 16.3. The first-order valence-electron chi connectivity index (χ1n) is 9.35. The van der Waals surface area contributed by atoms with Crippen molar-refractivity contribution < 1.29 is 4.74 Å². The highest BCUT2D eigenvalue weighted by Gasteiger charge is 2.22. The second-order valence-electron chi connectivity index (χ2n) is 7.44. The molecule has 1 N–H and O–H groups in total. The fraction of sp³-hybridized carbons (Fsp3) is 0.381. The van der Waals surface area contributed by atoms with Gasteiger partial charge in [0.2, 0.25) is 0 Å². The Labute approximate surface area is 159 Å². The van der Waals surface area contributed by atoms with Crippen LogP contribution >= 0.6 is 0 Å². The fourth-order valence-electron chi connectivity index (χ4n) is 3.90. The molecule has 0 radical (unpaired) electrons. The quantitative estimate of drug-likeness (QED) is 0.773. The van der Waals surface area contributed by atoms with E-state index in [1.165, 1.54) is 5.69 Å². The van der Waals surface area contributed by atoms with E-state index in [9.17, 15) is 4.79 Å². The van der Waals surface area contributed by atoms with Crippen molar-refractivity contribution in [3.63, 3.8) is 0 Å². The lowest BCUT2D eigenvalue weighted by atomic mass is 10.2. The minimum Gasteiger partial charge on any atom is -0.372 e. The number of imidazole rings is 1. The summed E-state index contributed by atoms with van der Waals surface area (Å²) in [6.07, 6.45) is 0.492. The Morgan fingerprint density at radius 3 is 2.15 bits per heavy atom.